The van der Waals surface area contributed by atoms with Gasteiger partial charge in [-0.2, -0.15) is 0 Å². The number of fused-ring (bicyclic) bond motifs is 1. The Morgan fingerprint density at radius 3 is 2.36 bits per heavy atom. The molecule has 140 valence electrons. The molecule has 0 radical (unpaired) electrons. The van der Waals surface area contributed by atoms with Gasteiger partial charge in [-0.25, -0.2) is 4.98 Å². The summed E-state index contributed by atoms with van der Waals surface area (Å²) in [5.74, 6) is -0.325. The summed E-state index contributed by atoms with van der Waals surface area (Å²) in [5.41, 5.74) is 2.00. The van der Waals surface area contributed by atoms with E-state index in [1.54, 1.807) is 36.4 Å². The number of nitrogens with one attached hydrogen (secondary N) is 1. The van der Waals surface area contributed by atoms with E-state index in [1.807, 2.05) is 17.5 Å². The van der Waals surface area contributed by atoms with Gasteiger partial charge in [-0.05, 0) is 42.0 Å². The van der Waals surface area contributed by atoms with Crippen LogP contribution in [0, 0.1) is 0 Å². The normalized spacial score (nSPS) is 10.9. The van der Waals surface area contributed by atoms with E-state index < -0.39 is 0 Å². The minimum Gasteiger partial charge on any atom is -0.325 e. The van der Waals surface area contributed by atoms with Crippen LogP contribution in [0.5, 0.6) is 0 Å². The number of rotatable bonds is 4. The molecule has 5 nitrogen and oxygen atoms in total. The van der Waals surface area contributed by atoms with Crippen molar-refractivity contribution in [2.24, 2.45) is 0 Å². The molecule has 0 aliphatic carbocycles. The molecule has 0 atom stereocenters. The second-order valence-corrected chi connectivity index (χ2v) is 7.80. The first-order valence-electron chi connectivity index (χ1n) is 8.29. The first-order chi connectivity index (χ1) is 13.5. The lowest BCUT2D eigenvalue weighted by molar-refractivity contribution is -0.116. The Morgan fingerprint density at radius 1 is 1.04 bits per heavy atom. The SMILES string of the molecule is O=C(Cn1cnc2scc(-c3ccc(Cl)cc3)c2c1=O)Nc1ccc(Cl)cc1. The highest BCUT2D eigenvalue weighted by atomic mass is 35.5. The van der Waals surface area contributed by atoms with Gasteiger partial charge in [0, 0.05) is 26.7 Å². The fraction of sp³-hybridized carbons (Fsp3) is 0.0500. The molecule has 2 aromatic heterocycles. The fourth-order valence-electron chi connectivity index (χ4n) is 2.81. The van der Waals surface area contributed by atoms with Crippen molar-refractivity contribution in [2.45, 2.75) is 6.54 Å². The summed E-state index contributed by atoms with van der Waals surface area (Å²) < 4.78 is 1.31. The van der Waals surface area contributed by atoms with Crippen LogP contribution >= 0.6 is 34.5 Å². The van der Waals surface area contributed by atoms with E-state index in [1.165, 1.54) is 22.2 Å². The molecule has 2 aromatic carbocycles. The molecular formula is C20H13Cl2N3O2S. The van der Waals surface area contributed by atoms with Crippen molar-refractivity contribution in [1.82, 2.24) is 9.55 Å². The van der Waals surface area contributed by atoms with Gasteiger partial charge in [0.15, 0.2) is 0 Å². The Bertz CT molecular complexity index is 1220. The minimum absolute atomic E-state index is 0.139. The van der Waals surface area contributed by atoms with Crippen LogP contribution in [0.3, 0.4) is 0 Å². The molecule has 0 fully saturated rings. The summed E-state index contributed by atoms with van der Waals surface area (Å²) in [5, 5.41) is 6.33. The quantitative estimate of drug-likeness (QED) is 0.492. The number of carbonyl (C=O) groups excluding carboxylic acids is 1. The first kappa shape index (κ1) is 18.7. The largest absolute Gasteiger partial charge is 0.325 e. The first-order valence-corrected chi connectivity index (χ1v) is 9.93. The third-order valence-electron chi connectivity index (χ3n) is 4.16. The zero-order valence-electron chi connectivity index (χ0n) is 14.4. The van der Waals surface area contributed by atoms with Gasteiger partial charge in [-0.1, -0.05) is 35.3 Å². The molecule has 0 bridgehead atoms. The molecule has 28 heavy (non-hydrogen) atoms. The maximum atomic E-state index is 13.0. The smallest absolute Gasteiger partial charge is 0.263 e. The number of thiophene rings is 1. The number of amides is 1. The lowest BCUT2D eigenvalue weighted by Crippen LogP contribution is -2.27. The molecular weight excluding hydrogens is 417 g/mol. The zero-order valence-corrected chi connectivity index (χ0v) is 16.7. The highest BCUT2D eigenvalue weighted by molar-refractivity contribution is 7.17. The van der Waals surface area contributed by atoms with Crippen LogP contribution in [0.4, 0.5) is 5.69 Å². The molecule has 1 amide bonds. The monoisotopic (exact) mass is 429 g/mol. The molecule has 0 unspecified atom stereocenters. The summed E-state index contributed by atoms with van der Waals surface area (Å²) in [6.45, 7) is -0.139. The third kappa shape index (κ3) is 3.80. The molecule has 4 rings (SSSR count). The molecule has 0 saturated carbocycles. The standard InChI is InChI=1S/C20H13Cl2N3O2S/c21-13-3-1-12(2-4-13)16-10-28-19-18(16)20(27)25(11-23-19)9-17(26)24-15-7-5-14(22)6-8-15/h1-8,10-11H,9H2,(H,24,26). The van der Waals surface area contributed by atoms with E-state index in [0.29, 0.717) is 25.9 Å². The average Bonchev–Trinajstić information content (AvgIpc) is 3.11. The van der Waals surface area contributed by atoms with Crippen molar-refractivity contribution in [1.29, 1.82) is 0 Å². The number of hydrogen-bond donors (Lipinski definition) is 1. The van der Waals surface area contributed by atoms with Crippen LogP contribution in [-0.4, -0.2) is 15.5 Å². The predicted octanol–water partition coefficient (Wildman–Crippen LogP) is 5.07. The Hall–Kier alpha value is -2.67. The number of anilines is 1. The second-order valence-electron chi connectivity index (χ2n) is 6.07. The van der Waals surface area contributed by atoms with Gasteiger partial charge >= 0.3 is 0 Å². The Labute approximate surface area is 174 Å². The molecule has 4 aromatic rings. The van der Waals surface area contributed by atoms with Crippen LogP contribution < -0.4 is 10.9 Å². The average molecular weight is 430 g/mol. The van der Waals surface area contributed by atoms with Gasteiger partial charge in [0.05, 0.1) is 11.7 Å². The van der Waals surface area contributed by atoms with Crippen LogP contribution in [0.2, 0.25) is 10.0 Å². The summed E-state index contributed by atoms with van der Waals surface area (Å²) in [7, 11) is 0. The fourth-order valence-corrected chi connectivity index (χ4v) is 3.97. The molecule has 1 N–H and O–H groups in total. The van der Waals surface area contributed by atoms with Gasteiger partial charge in [0.2, 0.25) is 5.91 Å². The number of halogens is 2. The summed E-state index contributed by atoms with van der Waals surface area (Å²) >= 11 is 13.2. The minimum atomic E-state index is -0.325. The number of benzene rings is 2. The van der Waals surface area contributed by atoms with Gasteiger partial charge in [0.1, 0.15) is 11.4 Å². The van der Waals surface area contributed by atoms with Gasteiger partial charge in [-0.3, -0.25) is 14.2 Å². The van der Waals surface area contributed by atoms with E-state index in [2.05, 4.69) is 10.3 Å². The van der Waals surface area contributed by atoms with E-state index >= 15 is 0 Å². The van der Waals surface area contributed by atoms with Crippen molar-refractivity contribution in [2.75, 3.05) is 5.32 Å². The Morgan fingerprint density at radius 2 is 1.68 bits per heavy atom. The van der Waals surface area contributed by atoms with Gasteiger partial charge in [-0.15, -0.1) is 11.3 Å². The Balaban J connectivity index is 1.64. The lowest BCUT2D eigenvalue weighted by atomic mass is 10.1. The number of nitrogens with zero attached hydrogens (tertiary/aromatic N) is 2. The van der Waals surface area contributed by atoms with Crippen molar-refractivity contribution in [3.63, 3.8) is 0 Å². The van der Waals surface area contributed by atoms with Crippen LogP contribution in [-0.2, 0) is 11.3 Å². The molecule has 0 aliphatic rings. The zero-order chi connectivity index (χ0) is 19.7. The molecule has 0 spiro atoms. The molecule has 2 heterocycles. The molecule has 0 saturated heterocycles. The summed E-state index contributed by atoms with van der Waals surface area (Å²) in [6.07, 6.45) is 1.40. The van der Waals surface area contributed by atoms with E-state index in [0.717, 1.165) is 11.1 Å². The van der Waals surface area contributed by atoms with Crippen molar-refractivity contribution in [3.05, 3.63) is 80.6 Å². The van der Waals surface area contributed by atoms with Crippen LogP contribution in [0.25, 0.3) is 21.3 Å². The Kier molecular flexibility index (Phi) is 5.17. The topological polar surface area (TPSA) is 64.0 Å². The van der Waals surface area contributed by atoms with Gasteiger partial charge < -0.3 is 5.32 Å². The molecule has 0 aliphatic heterocycles. The molecule has 8 heteroatoms. The van der Waals surface area contributed by atoms with Crippen molar-refractivity contribution in [3.8, 4) is 11.1 Å². The third-order valence-corrected chi connectivity index (χ3v) is 5.55. The number of aromatic nitrogens is 2. The highest BCUT2D eigenvalue weighted by Gasteiger charge is 2.15. The van der Waals surface area contributed by atoms with E-state index in [9.17, 15) is 9.59 Å². The van der Waals surface area contributed by atoms with Crippen molar-refractivity contribution >= 4 is 56.3 Å². The number of carbonyl (C=O) groups is 1. The van der Waals surface area contributed by atoms with Gasteiger partial charge in [0.25, 0.3) is 5.56 Å². The predicted molar refractivity (Wildman–Crippen MR) is 114 cm³/mol. The summed E-state index contributed by atoms with van der Waals surface area (Å²) in [6, 6.07) is 14.0. The highest BCUT2D eigenvalue weighted by Crippen LogP contribution is 2.31. The van der Waals surface area contributed by atoms with Crippen LogP contribution in [0.15, 0.2) is 65.0 Å². The summed E-state index contributed by atoms with van der Waals surface area (Å²) in [4.78, 5) is 30.3. The van der Waals surface area contributed by atoms with E-state index in [-0.39, 0.29) is 18.0 Å². The van der Waals surface area contributed by atoms with Crippen LogP contribution in [0.1, 0.15) is 0 Å². The van der Waals surface area contributed by atoms with E-state index in [4.69, 9.17) is 23.2 Å². The maximum absolute atomic E-state index is 13.0. The van der Waals surface area contributed by atoms with Crippen molar-refractivity contribution < 1.29 is 4.79 Å². The number of hydrogen-bond acceptors (Lipinski definition) is 4. The lowest BCUT2D eigenvalue weighted by Gasteiger charge is -2.08. The maximum Gasteiger partial charge on any atom is 0.263 e. The second kappa shape index (κ2) is 7.75.